The van der Waals surface area contributed by atoms with E-state index in [1.54, 1.807) is 0 Å². The smallest absolute Gasteiger partial charge is 0.0859 e. The van der Waals surface area contributed by atoms with Gasteiger partial charge in [0.05, 0.1) is 11.4 Å². The number of hydrogen-bond acceptors (Lipinski definition) is 3. The summed E-state index contributed by atoms with van der Waals surface area (Å²) in [6.07, 6.45) is 6.02. The summed E-state index contributed by atoms with van der Waals surface area (Å²) in [7, 11) is 0. The maximum absolute atomic E-state index is 4.20. The summed E-state index contributed by atoms with van der Waals surface area (Å²) in [5, 5.41) is 8.35. The highest BCUT2D eigenvalue weighted by atomic mass is 15.1. The van der Waals surface area contributed by atoms with E-state index in [1.807, 2.05) is 50.3 Å². The first-order valence-corrected chi connectivity index (χ1v) is 7.37. The van der Waals surface area contributed by atoms with Crippen LogP contribution in [0.1, 0.15) is 26.3 Å². The molecule has 0 atom stereocenters. The van der Waals surface area contributed by atoms with Crippen LogP contribution in [0.3, 0.4) is 0 Å². The van der Waals surface area contributed by atoms with Crippen LogP contribution in [-0.2, 0) is 0 Å². The minimum Gasteiger partial charge on any atom is -0.372 e. The lowest BCUT2D eigenvalue weighted by Gasteiger charge is -2.21. The molecule has 0 unspecified atom stereocenters. The Kier molecular flexibility index (Phi) is 7.16. The fourth-order valence-electron chi connectivity index (χ4n) is 2.00. The Morgan fingerprint density at radius 2 is 1.95 bits per heavy atom. The van der Waals surface area contributed by atoms with E-state index in [1.165, 1.54) is 11.3 Å². The Labute approximate surface area is 128 Å². The molecule has 0 saturated heterocycles. The number of benzene rings is 1. The lowest BCUT2D eigenvalue weighted by Crippen LogP contribution is -2.20. The number of nitrogens with zero attached hydrogens (tertiary/aromatic N) is 3. The molecule has 112 valence electrons. The van der Waals surface area contributed by atoms with E-state index in [9.17, 15) is 0 Å². The third-order valence-corrected chi connectivity index (χ3v) is 3.17. The molecule has 3 nitrogen and oxygen atoms in total. The van der Waals surface area contributed by atoms with E-state index in [4.69, 9.17) is 0 Å². The van der Waals surface area contributed by atoms with Gasteiger partial charge in [0.2, 0.25) is 0 Å². The predicted molar refractivity (Wildman–Crippen MR) is 90.7 cm³/mol. The molecule has 21 heavy (non-hydrogen) atoms. The number of rotatable bonds is 7. The van der Waals surface area contributed by atoms with Gasteiger partial charge in [-0.1, -0.05) is 24.8 Å². The summed E-state index contributed by atoms with van der Waals surface area (Å²) in [6.45, 7) is 14.3. The zero-order chi connectivity index (χ0) is 15.7. The summed E-state index contributed by atoms with van der Waals surface area (Å²) in [5.41, 5.74) is 3.83. The third kappa shape index (κ3) is 5.78. The van der Waals surface area contributed by atoms with Crippen LogP contribution < -0.4 is 0 Å². The topological polar surface area (TPSA) is 28.0 Å². The third-order valence-electron chi connectivity index (χ3n) is 3.17. The van der Waals surface area contributed by atoms with E-state index < -0.39 is 0 Å². The Bertz CT molecular complexity index is 549. The average molecular weight is 283 g/mol. The van der Waals surface area contributed by atoms with Crippen molar-refractivity contribution in [2.45, 2.75) is 27.7 Å². The quantitative estimate of drug-likeness (QED) is 0.486. The highest BCUT2D eigenvalue weighted by Gasteiger charge is 2.00. The van der Waals surface area contributed by atoms with E-state index in [2.05, 4.69) is 41.6 Å². The molecule has 0 saturated carbocycles. The van der Waals surface area contributed by atoms with Crippen LogP contribution in [-0.4, -0.2) is 18.0 Å². The van der Waals surface area contributed by atoms with Gasteiger partial charge in [-0.2, -0.15) is 10.2 Å². The molecule has 0 spiro atoms. The molecule has 0 heterocycles. The molecule has 0 aliphatic rings. The molecule has 0 aromatic heterocycles. The van der Waals surface area contributed by atoms with Crippen molar-refractivity contribution in [1.82, 2.24) is 4.90 Å². The Morgan fingerprint density at radius 1 is 1.24 bits per heavy atom. The number of hydrogen-bond donors (Lipinski definition) is 0. The van der Waals surface area contributed by atoms with Crippen molar-refractivity contribution in [1.29, 1.82) is 0 Å². The van der Waals surface area contributed by atoms with Gasteiger partial charge in [-0.3, -0.25) is 0 Å². The fraction of sp³-hybridized carbons (Fsp3) is 0.333. The highest BCUT2D eigenvalue weighted by molar-refractivity contribution is 5.39. The van der Waals surface area contributed by atoms with Crippen LogP contribution in [0.4, 0.5) is 5.69 Å². The first-order valence-electron chi connectivity index (χ1n) is 7.37. The molecule has 1 rings (SSSR count). The predicted octanol–water partition coefficient (Wildman–Crippen LogP) is 5.39. The lowest BCUT2D eigenvalue weighted by atomic mass is 10.2. The van der Waals surface area contributed by atoms with Crippen LogP contribution in [0.15, 0.2) is 70.7 Å². The number of azo groups is 1. The molecule has 1 aromatic rings. The SMILES string of the molecule is C=C(/C=C\C(=C/C)N(CC)CC)N=Nc1cccc(C)c1. The summed E-state index contributed by atoms with van der Waals surface area (Å²) < 4.78 is 0. The van der Waals surface area contributed by atoms with Gasteiger partial charge in [-0.25, -0.2) is 0 Å². The standard InChI is InChI=1S/C18H25N3/c1-6-18(21(7-2)8-3)13-12-16(5)19-20-17-11-9-10-15(4)14-17/h6,9-14H,5,7-8H2,1-4H3/b13-12-,18-6+,20-19?. The average Bonchev–Trinajstić information content (AvgIpc) is 2.49. The van der Waals surface area contributed by atoms with Crippen molar-refractivity contribution < 1.29 is 0 Å². The van der Waals surface area contributed by atoms with Crippen LogP contribution in [0.25, 0.3) is 0 Å². The number of allylic oxidation sites excluding steroid dienone is 3. The lowest BCUT2D eigenvalue weighted by molar-refractivity contribution is 0.394. The first kappa shape index (κ1) is 16.9. The minimum atomic E-state index is 0.642. The molecule has 0 aliphatic heterocycles. The fourth-order valence-corrected chi connectivity index (χ4v) is 2.00. The van der Waals surface area contributed by atoms with Crippen LogP contribution in [0.2, 0.25) is 0 Å². The maximum atomic E-state index is 4.20. The van der Waals surface area contributed by atoms with Crippen LogP contribution in [0, 0.1) is 6.92 Å². The van der Waals surface area contributed by atoms with Gasteiger partial charge in [-0.05, 0) is 57.5 Å². The molecule has 0 radical (unpaired) electrons. The molecule has 0 fully saturated rings. The summed E-state index contributed by atoms with van der Waals surface area (Å²) in [4.78, 5) is 2.28. The molecular weight excluding hydrogens is 258 g/mol. The van der Waals surface area contributed by atoms with Crippen molar-refractivity contribution >= 4 is 5.69 Å². The number of likely N-dealkylation sites (N-methyl/N-ethyl adjacent to an activating group) is 1. The second-order valence-electron chi connectivity index (χ2n) is 4.75. The number of aryl methyl sites for hydroxylation is 1. The van der Waals surface area contributed by atoms with E-state index >= 15 is 0 Å². The zero-order valence-corrected chi connectivity index (χ0v) is 13.5. The highest BCUT2D eigenvalue weighted by Crippen LogP contribution is 2.15. The van der Waals surface area contributed by atoms with Crippen molar-refractivity contribution in [3.63, 3.8) is 0 Å². The molecule has 1 aromatic carbocycles. The van der Waals surface area contributed by atoms with Crippen LogP contribution >= 0.6 is 0 Å². The van der Waals surface area contributed by atoms with Gasteiger partial charge in [0, 0.05) is 18.8 Å². The molecule has 0 bridgehead atoms. The first-order chi connectivity index (χ1) is 10.1. The Balaban J connectivity index is 2.70. The molecule has 0 N–H and O–H groups in total. The van der Waals surface area contributed by atoms with Crippen LogP contribution in [0.5, 0.6) is 0 Å². The molecule has 3 heteroatoms. The molecule has 0 amide bonds. The van der Waals surface area contributed by atoms with E-state index in [-0.39, 0.29) is 0 Å². The van der Waals surface area contributed by atoms with Crippen molar-refractivity contribution in [2.24, 2.45) is 10.2 Å². The normalized spacial score (nSPS) is 12.3. The Hall–Kier alpha value is -2.16. The summed E-state index contributed by atoms with van der Waals surface area (Å²) in [5.74, 6) is 0. The van der Waals surface area contributed by atoms with Crippen molar-refractivity contribution in [3.05, 3.63) is 66.0 Å². The monoisotopic (exact) mass is 283 g/mol. The van der Waals surface area contributed by atoms with Crippen molar-refractivity contribution in [2.75, 3.05) is 13.1 Å². The van der Waals surface area contributed by atoms with Gasteiger partial charge >= 0.3 is 0 Å². The van der Waals surface area contributed by atoms with Gasteiger partial charge in [-0.15, -0.1) is 0 Å². The second kappa shape index (κ2) is 8.90. The summed E-state index contributed by atoms with van der Waals surface area (Å²) >= 11 is 0. The van der Waals surface area contributed by atoms with Gasteiger partial charge in [0.1, 0.15) is 0 Å². The van der Waals surface area contributed by atoms with E-state index in [0.717, 1.165) is 18.8 Å². The molecule has 0 aliphatic carbocycles. The zero-order valence-electron chi connectivity index (χ0n) is 13.5. The Morgan fingerprint density at radius 3 is 2.52 bits per heavy atom. The van der Waals surface area contributed by atoms with Crippen molar-refractivity contribution in [3.8, 4) is 0 Å². The van der Waals surface area contributed by atoms with Gasteiger partial charge < -0.3 is 4.90 Å². The largest absolute Gasteiger partial charge is 0.372 e. The second-order valence-corrected chi connectivity index (χ2v) is 4.75. The van der Waals surface area contributed by atoms with Gasteiger partial charge in [0.25, 0.3) is 0 Å². The summed E-state index contributed by atoms with van der Waals surface area (Å²) in [6, 6.07) is 7.94. The van der Waals surface area contributed by atoms with Gasteiger partial charge in [0.15, 0.2) is 0 Å². The maximum Gasteiger partial charge on any atom is 0.0859 e. The minimum absolute atomic E-state index is 0.642. The molecular formula is C18H25N3. The van der Waals surface area contributed by atoms with E-state index in [0.29, 0.717) is 5.70 Å².